The van der Waals surface area contributed by atoms with E-state index in [9.17, 15) is 0 Å². The van der Waals surface area contributed by atoms with Crippen LogP contribution in [0.2, 0.25) is 5.02 Å². The molecule has 0 aliphatic heterocycles. The lowest BCUT2D eigenvalue weighted by molar-refractivity contribution is 0.463. The molecule has 1 aromatic carbocycles. The molecule has 17 heavy (non-hydrogen) atoms. The number of nitrogen functional groups attached to an aromatic ring is 1. The number of nitriles is 1. The molecule has 0 aliphatic carbocycles. The molecule has 0 spiro atoms. The highest BCUT2D eigenvalue weighted by Crippen LogP contribution is 2.30. The first-order valence-electron chi connectivity index (χ1n) is 4.78. The third-order valence-electron chi connectivity index (χ3n) is 2.03. The Morgan fingerprint density at radius 3 is 2.82 bits per heavy atom. The smallest absolute Gasteiger partial charge is 0.220 e. The molecule has 0 bridgehead atoms. The van der Waals surface area contributed by atoms with Crippen LogP contribution < -0.4 is 10.5 Å². The normalized spacial score (nSPS) is 9.65. The Morgan fingerprint density at radius 2 is 2.12 bits per heavy atom. The molecule has 0 fully saturated rings. The Labute approximate surface area is 103 Å². The van der Waals surface area contributed by atoms with Gasteiger partial charge in [0.15, 0.2) is 0 Å². The van der Waals surface area contributed by atoms with Gasteiger partial charge in [-0.2, -0.15) is 5.26 Å². The topological polar surface area (TPSA) is 71.9 Å². The third-order valence-corrected chi connectivity index (χ3v) is 2.33. The predicted molar refractivity (Wildman–Crippen MR) is 64.9 cm³/mol. The lowest BCUT2D eigenvalue weighted by Crippen LogP contribution is -1.91. The number of nitrogens with two attached hydrogens (primary N) is 1. The van der Waals surface area contributed by atoms with Gasteiger partial charge in [0.2, 0.25) is 5.88 Å². The summed E-state index contributed by atoms with van der Waals surface area (Å²) in [6.07, 6.45) is 1.50. The maximum atomic E-state index is 8.74. The van der Waals surface area contributed by atoms with E-state index in [0.717, 1.165) is 0 Å². The summed E-state index contributed by atoms with van der Waals surface area (Å²) in [6.45, 7) is 0. The van der Waals surface area contributed by atoms with Crippen LogP contribution in [0.5, 0.6) is 11.6 Å². The van der Waals surface area contributed by atoms with E-state index in [0.29, 0.717) is 27.9 Å². The number of rotatable bonds is 2. The van der Waals surface area contributed by atoms with Gasteiger partial charge in [-0.25, -0.2) is 4.98 Å². The second-order valence-corrected chi connectivity index (χ2v) is 3.69. The molecule has 0 atom stereocenters. The summed E-state index contributed by atoms with van der Waals surface area (Å²) in [5.74, 6) is 0.763. The molecule has 0 unspecified atom stereocenters. The van der Waals surface area contributed by atoms with Gasteiger partial charge in [-0.3, -0.25) is 0 Å². The minimum atomic E-state index is 0.315. The van der Waals surface area contributed by atoms with Crippen molar-refractivity contribution in [1.29, 1.82) is 5.26 Å². The van der Waals surface area contributed by atoms with E-state index in [1.165, 1.54) is 12.3 Å². The number of ether oxygens (including phenoxy) is 1. The van der Waals surface area contributed by atoms with Crippen molar-refractivity contribution in [3.63, 3.8) is 0 Å². The first kappa shape index (κ1) is 11.2. The number of hydrogen-bond acceptors (Lipinski definition) is 4. The van der Waals surface area contributed by atoms with Crippen molar-refractivity contribution in [3.05, 3.63) is 47.1 Å². The molecular weight excluding hydrogens is 238 g/mol. The summed E-state index contributed by atoms with van der Waals surface area (Å²) < 4.78 is 5.46. The van der Waals surface area contributed by atoms with Crippen LogP contribution in [-0.4, -0.2) is 4.98 Å². The fraction of sp³-hybridized carbons (Fsp3) is 0. The molecule has 5 heteroatoms. The van der Waals surface area contributed by atoms with E-state index in [4.69, 9.17) is 27.3 Å². The highest BCUT2D eigenvalue weighted by atomic mass is 35.5. The molecule has 1 heterocycles. The summed E-state index contributed by atoms with van der Waals surface area (Å²) in [5.41, 5.74) is 6.60. The summed E-state index contributed by atoms with van der Waals surface area (Å²) >= 11 is 5.96. The van der Waals surface area contributed by atoms with Gasteiger partial charge in [-0.1, -0.05) is 11.6 Å². The monoisotopic (exact) mass is 245 g/mol. The van der Waals surface area contributed by atoms with Crippen LogP contribution in [0.3, 0.4) is 0 Å². The molecule has 0 amide bonds. The molecule has 0 radical (unpaired) electrons. The Balaban J connectivity index is 2.28. The van der Waals surface area contributed by atoms with Gasteiger partial charge in [0.05, 0.1) is 16.7 Å². The highest BCUT2D eigenvalue weighted by Gasteiger charge is 2.05. The zero-order valence-corrected chi connectivity index (χ0v) is 9.48. The quantitative estimate of drug-likeness (QED) is 0.826. The summed E-state index contributed by atoms with van der Waals surface area (Å²) in [4.78, 5) is 3.98. The first-order valence-corrected chi connectivity index (χ1v) is 5.16. The second-order valence-electron chi connectivity index (χ2n) is 3.29. The third kappa shape index (κ3) is 2.65. The van der Waals surface area contributed by atoms with Gasteiger partial charge in [0.25, 0.3) is 0 Å². The van der Waals surface area contributed by atoms with E-state index in [2.05, 4.69) is 4.98 Å². The molecule has 4 nitrogen and oxygen atoms in total. The van der Waals surface area contributed by atoms with Crippen LogP contribution in [0.25, 0.3) is 0 Å². The lowest BCUT2D eigenvalue weighted by Gasteiger charge is -2.06. The second kappa shape index (κ2) is 4.73. The molecule has 0 saturated heterocycles. The molecule has 0 aliphatic rings. The molecule has 0 saturated carbocycles. The van der Waals surface area contributed by atoms with E-state index >= 15 is 0 Å². The SMILES string of the molecule is N#Cc1ccnc(Oc2ccc(N)cc2Cl)c1. The Kier molecular flexibility index (Phi) is 3.12. The van der Waals surface area contributed by atoms with Crippen molar-refractivity contribution in [2.24, 2.45) is 0 Å². The van der Waals surface area contributed by atoms with Gasteiger partial charge in [0, 0.05) is 18.0 Å². The minimum Gasteiger partial charge on any atom is -0.437 e. The van der Waals surface area contributed by atoms with Crippen LogP contribution in [0.4, 0.5) is 5.69 Å². The summed E-state index contributed by atoms with van der Waals surface area (Å²) in [5, 5.41) is 9.14. The zero-order chi connectivity index (χ0) is 12.3. The molecule has 2 N–H and O–H groups in total. The van der Waals surface area contributed by atoms with Crippen LogP contribution >= 0.6 is 11.6 Å². The predicted octanol–water partition coefficient (Wildman–Crippen LogP) is 2.98. The summed E-state index contributed by atoms with van der Waals surface area (Å²) in [7, 11) is 0. The van der Waals surface area contributed by atoms with E-state index in [-0.39, 0.29) is 0 Å². The van der Waals surface area contributed by atoms with Crippen molar-refractivity contribution < 1.29 is 4.74 Å². The van der Waals surface area contributed by atoms with Crippen molar-refractivity contribution in [2.45, 2.75) is 0 Å². The maximum Gasteiger partial charge on any atom is 0.220 e. The number of nitrogens with zero attached hydrogens (tertiary/aromatic N) is 2. The molecule has 84 valence electrons. The number of pyridine rings is 1. The van der Waals surface area contributed by atoms with Gasteiger partial charge in [-0.05, 0) is 24.3 Å². The number of anilines is 1. The molecule has 1 aromatic heterocycles. The number of halogens is 1. The van der Waals surface area contributed by atoms with Crippen molar-refractivity contribution in [2.75, 3.05) is 5.73 Å². The largest absolute Gasteiger partial charge is 0.437 e. The van der Waals surface area contributed by atoms with Gasteiger partial charge >= 0.3 is 0 Å². The molecule has 2 aromatic rings. The fourth-order valence-electron chi connectivity index (χ4n) is 1.25. The Morgan fingerprint density at radius 1 is 1.29 bits per heavy atom. The average molecular weight is 246 g/mol. The van der Waals surface area contributed by atoms with Crippen LogP contribution in [0, 0.1) is 11.3 Å². The van der Waals surface area contributed by atoms with Crippen molar-refractivity contribution in [1.82, 2.24) is 4.98 Å². The average Bonchev–Trinajstić information content (AvgIpc) is 2.33. The molecule has 2 rings (SSSR count). The number of benzene rings is 1. The van der Waals surface area contributed by atoms with Gasteiger partial charge in [-0.15, -0.1) is 0 Å². The molecular formula is C12H8ClN3O. The first-order chi connectivity index (χ1) is 8.19. The van der Waals surface area contributed by atoms with E-state index in [1.807, 2.05) is 6.07 Å². The lowest BCUT2D eigenvalue weighted by atomic mass is 10.3. The standard InChI is InChI=1S/C12H8ClN3O/c13-10-6-9(15)1-2-11(10)17-12-5-8(7-14)3-4-16-12/h1-6H,15H2. The number of aromatic nitrogens is 1. The Hall–Kier alpha value is -2.25. The van der Waals surface area contributed by atoms with Crippen molar-refractivity contribution >= 4 is 17.3 Å². The number of hydrogen-bond donors (Lipinski definition) is 1. The fourth-order valence-corrected chi connectivity index (χ4v) is 1.47. The summed E-state index contributed by atoms with van der Waals surface area (Å²) in [6, 6.07) is 10.0. The van der Waals surface area contributed by atoms with Gasteiger partial charge in [0.1, 0.15) is 5.75 Å². The highest BCUT2D eigenvalue weighted by molar-refractivity contribution is 6.32. The Bertz CT molecular complexity index is 593. The van der Waals surface area contributed by atoms with Crippen molar-refractivity contribution in [3.8, 4) is 17.7 Å². The van der Waals surface area contributed by atoms with Crippen LogP contribution in [0.15, 0.2) is 36.5 Å². The van der Waals surface area contributed by atoms with Crippen LogP contribution in [-0.2, 0) is 0 Å². The minimum absolute atomic E-state index is 0.315. The van der Waals surface area contributed by atoms with E-state index < -0.39 is 0 Å². The van der Waals surface area contributed by atoms with Crippen LogP contribution in [0.1, 0.15) is 5.56 Å². The van der Waals surface area contributed by atoms with Gasteiger partial charge < -0.3 is 10.5 Å². The maximum absolute atomic E-state index is 8.74. The zero-order valence-electron chi connectivity index (χ0n) is 8.72. The van der Waals surface area contributed by atoms with E-state index in [1.54, 1.807) is 24.3 Å².